The summed E-state index contributed by atoms with van der Waals surface area (Å²) >= 11 is 0. The van der Waals surface area contributed by atoms with E-state index in [1.807, 2.05) is 28.9 Å². The van der Waals surface area contributed by atoms with Gasteiger partial charge in [-0.3, -0.25) is 9.78 Å². The summed E-state index contributed by atoms with van der Waals surface area (Å²) in [7, 11) is 0. The van der Waals surface area contributed by atoms with Gasteiger partial charge < -0.3 is 5.73 Å². The molecule has 4 rings (SSSR count). The van der Waals surface area contributed by atoms with Gasteiger partial charge in [0.2, 0.25) is 5.91 Å². The van der Waals surface area contributed by atoms with Gasteiger partial charge in [-0.2, -0.15) is 5.10 Å². The molecule has 2 aromatic heterocycles. The minimum absolute atomic E-state index is 0.409. The molecule has 1 aromatic carbocycles. The first-order chi connectivity index (χ1) is 10.2. The number of nitrogens with zero attached hydrogens (tertiary/aromatic N) is 3. The van der Waals surface area contributed by atoms with Crippen LogP contribution in [0.2, 0.25) is 0 Å². The van der Waals surface area contributed by atoms with Crippen molar-refractivity contribution in [2.75, 3.05) is 0 Å². The van der Waals surface area contributed by atoms with Crippen molar-refractivity contribution in [3.8, 4) is 5.69 Å². The van der Waals surface area contributed by atoms with Gasteiger partial charge in [-0.1, -0.05) is 0 Å². The molecule has 5 heteroatoms. The van der Waals surface area contributed by atoms with Crippen LogP contribution in [0.4, 0.5) is 0 Å². The number of fused-ring (bicyclic) bond motifs is 1. The Hall–Kier alpha value is -2.69. The normalized spacial score (nSPS) is 14.5. The summed E-state index contributed by atoms with van der Waals surface area (Å²) in [6.45, 7) is 0. The molecule has 1 aliphatic carbocycles. The number of amides is 1. The highest BCUT2D eigenvalue weighted by atomic mass is 16.1. The SMILES string of the molecule is NC(=O)c1ccc2nn(-c3cccnc3)c(C3CC3)c2c1. The number of benzene rings is 1. The van der Waals surface area contributed by atoms with Crippen molar-refractivity contribution in [2.45, 2.75) is 18.8 Å². The van der Waals surface area contributed by atoms with Crippen LogP contribution in [0.25, 0.3) is 16.6 Å². The zero-order valence-corrected chi connectivity index (χ0v) is 11.4. The van der Waals surface area contributed by atoms with Gasteiger partial charge in [0.25, 0.3) is 0 Å². The van der Waals surface area contributed by atoms with E-state index < -0.39 is 5.91 Å². The molecule has 3 aromatic rings. The number of nitrogens with two attached hydrogens (primary N) is 1. The second kappa shape index (κ2) is 4.41. The molecular weight excluding hydrogens is 264 g/mol. The van der Waals surface area contributed by atoms with Crippen LogP contribution in [0.15, 0.2) is 42.7 Å². The fourth-order valence-corrected chi connectivity index (χ4v) is 2.68. The van der Waals surface area contributed by atoms with Crippen LogP contribution < -0.4 is 5.73 Å². The van der Waals surface area contributed by atoms with Crippen molar-refractivity contribution in [1.29, 1.82) is 0 Å². The Kier molecular flexibility index (Phi) is 2.54. The van der Waals surface area contributed by atoms with E-state index in [-0.39, 0.29) is 0 Å². The molecule has 2 N–H and O–H groups in total. The van der Waals surface area contributed by atoms with E-state index in [0.29, 0.717) is 11.5 Å². The molecule has 1 fully saturated rings. The Bertz CT molecular complexity index is 834. The van der Waals surface area contributed by atoms with Crippen molar-refractivity contribution in [3.63, 3.8) is 0 Å². The van der Waals surface area contributed by atoms with Crippen molar-refractivity contribution in [1.82, 2.24) is 14.8 Å². The number of carbonyl (C=O) groups excluding carboxylic acids is 1. The quantitative estimate of drug-likeness (QED) is 0.799. The van der Waals surface area contributed by atoms with Gasteiger partial charge in [0.05, 0.1) is 23.1 Å². The van der Waals surface area contributed by atoms with E-state index in [1.165, 1.54) is 0 Å². The monoisotopic (exact) mass is 278 g/mol. The third-order valence-corrected chi connectivity index (χ3v) is 3.85. The molecule has 0 radical (unpaired) electrons. The molecule has 1 amide bonds. The Morgan fingerprint density at radius 1 is 1.29 bits per heavy atom. The largest absolute Gasteiger partial charge is 0.366 e. The first-order valence-electron chi connectivity index (χ1n) is 6.97. The molecule has 104 valence electrons. The predicted octanol–water partition coefficient (Wildman–Crippen LogP) is 2.40. The van der Waals surface area contributed by atoms with E-state index in [9.17, 15) is 4.79 Å². The van der Waals surface area contributed by atoms with E-state index >= 15 is 0 Å². The fourth-order valence-electron chi connectivity index (χ4n) is 2.68. The first kappa shape index (κ1) is 12.1. The van der Waals surface area contributed by atoms with Crippen LogP contribution in [-0.2, 0) is 0 Å². The fraction of sp³-hybridized carbons (Fsp3) is 0.188. The van der Waals surface area contributed by atoms with Crippen LogP contribution in [0.1, 0.15) is 34.8 Å². The number of hydrogen-bond acceptors (Lipinski definition) is 3. The van der Waals surface area contributed by atoms with E-state index in [4.69, 9.17) is 5.73 Å². The summed E-state index contributed by atoms with van der Waals surface area (Å²) < 4.78 is 1.94. The molecular formula is C16H14N4O. The molecule has 0 bridgehead atoms. The molecule has 2 heterocycles. The summed E-state index contributed by atoms with van der Waals surface area (Å²) in [5.74, 6) is 0.0890. The summed E-state index contributed by atoms with van der Waals surface area (Å²) in [6, 6.07) is 9.31. The highest BCUT2D eigenvalue weighted by Crippen LogP contribution is 2.44. The van der Waals surface area contributed by atoms with Crippen molar-refractivity contribution in [2.24, 2.45) is 5.73 Å². The lowest BCUT2D eigenvalue weighted by Gasteiger charge is -2.06. The van der Waals surface area contributed by atoms with Crippen LogP contribution in [0, 0.1) is 0 Å². The molecule has 0 atom stereocenters. The minimum atomic E-state index is -0.409. The second-order valence-corrected chi connectivity index (χ2v) is 5.38. The first-order valence-corrected chi connectivity index (χ1v) is 6.97. The molecule has 0 spiro atoms. The van der Waals surface area contributed by atoms with Crippen molar-refractivity contribution < 1.29 is 4.79 Å². The topological polar surface area (TPSA) is 73.8 Å². The maximum Gasteiger partial charge on any atom is 0.248 e. The highest BCUT2D eigenvalue weighted by Gasteiger charge is 2.30. The number of carbonyl (C=O) groups is 1. The molecule has 0 saturated heterocycles. The van der Waals surface area contributed by atoms with E-state index in [1.54, 1.807) is 18.5 Å². The number of primary amides is 1. The van der Waals surface area contributed by atoms with Crippen LogP contribution >= 0.6 is 0 Å². The third-order valence-electron chi connectivity index (χ3n) is 3.85. The van der Waals surface area contributed by atoms with Gasteiger partial charge in [-0.05, 0) is 43.2 Å². The average Bonchev–Trinajstić information content (AvgIpc) is 3.27. The zero-order valence-electron chi connectivity index (χ0n) is 11.4. The smallest absolute Gasteiger partial charge is 0.248 e. The van der Waals surface area contributed by atoms with Crippen LogP contribution in [0.3, 0.4) is 0 Å². The Balaban J connectivity index is 1.99. The van der Waals surface area contributed by atoms with Crippen molar-refractivity contribution in [3.05, 3.63) is 54.0 Å². The van der Waals surface area contributed by atoms with Gasteiger partial charge in [-0.15, -0.1) is 0 Å². The Morgan fingerprint density at radius 3 is 2.81 bits per heavy atom. The number of hydrogen-bond donors (Lipinski definition) is 1. The van der Waals surface area contributed by atoms with Crippen molar-refractivity contribution >= 4 is 16.8 Å². The maximum absolute atomic E-state index is 11.4. The Morgan fingerprint density at radius 2 is 2.14 bits per heavy atom. The lowest BCUT2D eigenvalue weighted by Crippen LogP contribution is -2.10. The molecule has 1 aliphatic rings. The third kappa shape index (κ3) is 1.98. The molecule has 0 unspecified atom stereocenters. The molecule has 5 nitrogen and oxygen atoms in total. The van der Waals surface area contributed by atoms with E-state index in [2.05, 4.69) is 10.1 Å². The number of aromatic nitrogens is 3. The van der Waals surface area contributed by atoms with Crippen LogP contribution in [0.5, 0.6) is 0 Å². The van der Waals surface area contributed by atoms with Gasteiger partial charge in [0.1, 0.15) is 0 Å². The average molecular weight is 278 g/mol. The zero-order chi connectivity index (χ0) is 14.4. The minimum Gasteiger partial charge on any atom is -0.366 e. The molecule has 0 aliphatic heterocycles. The Labute approximate surface area is 121 Å². The predicted molar refractivity (Wildman–Crippen MR) is 79.4 cm³/mol. The van der Waals surface area contributed by atoms with Crippen LogP contribution in [-0.4, -0.2) is 20.7 Å². The van der Waals surface area contributed by atoms with Gasteiger partial charge in [0.15, 0.2) is 0 Å². The standard InChI is InChI=1S/C16H14N4O/c17-16(21)11-5-6-14-13(8-11)15(10-3-4-10)20(19-14)12-2-1-7-18-9-12/h1-2,5-10H,3-4H2,(H2,17,21). The summed E-state index contributed by atoms with van der Waals surface area (Å²) in [4.78, 5) is 15.6. The van der Waals surface area contributed by atoms with E-state index in [0.717, 1.165) is 35.1 Å². The molecule has 1 saturated carbocycles. The summed E-state index contributed by atoms with van der Waals surface area (Å²) in [5.41, 5.74) is 8.89. The molecule has 21 heavy (non-hydrogen) atoms. The van der Waals surface area contributed by atoms with Gasteiger partial charge in [0, 0.05) is 23.1 Å². The summed E-state index contributed by atoms with van der Waals surface area (Å²) in [5, 5.41) is 5.68. The highest BCUT2D eigenvalue weighted by molar-refractivity contribution is 5.97. The number of pyridine rings is 1. The maximum atomic E-state index is 11.4. The second-order valence-electron chi connectivity index (χ2n) is 5.38. The van der Waals surface area contributed by atoms with Gasteiger partial charge >= 0.3 is 0 Å². The van der Waals surface area contributed by atoms with Gasteiger partial charge in [-0.25, -0.2) is 4.68 Å². The lowest BCUT2D eigenvalue weighted by atomic mass is 10.1. The number of rotatable bonds is 3. The summed E-state index contributed by atoms with van der Waals surface area (Å²) in [6.07, 6.45) is 5.85. The lowest BCUT2D eigenvalue weighted by molar-refractivity contribution is 0.100.